The van der Waals surface area contributed by atoms with Crippen LogP contribution in [0, 0.1) is 0 Å². The summed E-state index contributed by atoms with van der Waals surface area (Å²) in [6.07, 6.45) is 2.65. The summed E-state index contributed by atoms with van der Waals surface area (Å²) in [5, 5.41) is 9.95. The van der Waals surface area contributed by atoms with E-state index in [2.05, 4.69) is 32.9 Å². The molecule has 0 amide bonds. The number of aliphatic hydroxyl groups is 1. The van der Waals surface area contributed by atoms with E-state index in [-0.39, 0.29) is 12.0 Å². The molecule has 0 saturated heterocycles. The SMILES string of the molecule is CCCOc1ccc(C(C)C(O)CCC)cc1. The molecule has 1 N–H and O–H groups in total. The van der Waals surface area contributed by atoms with Gasteiger partial charge >= 0.3 is 0 Å². The van der Waals surface area contributed by atoms with Crippen molar-refractivity contribution >= 4 is 0 Å². The average Bonchev–Trinajstić information content (AvgIpc) is 2.36. The van der Waals surface area contributed by atoms with Gasteiger partial charge in [0.25, 0.3) is 0 Å². The second-order valence-electron chi connectivity index (χ2n) is 4.56. The molecule has 0 saturated carbocycles. The van der Waals surface area contributed by atoms with Crippen LogP contribution in [0.25, 0.3) is 0 Å². The Balaban J connectivity index is 2.60. The molecule has 2 nitrogen and oxygen atoms in total. The summed E-state index contributed by atoms with van der Waals surface area (Å²) in [5.74, 6) is 1.10. The van der Waals surface area contributed by atoms with Gasteiger partial charge in [-0.1, -0.05) is 39.3 Å². The van der Waals surface area contributed by atoms with Crippen LogP contribution in [0.4, 0.5) is 0 Å². The average molecular weight is 236 g/mol. The highest BCUT2D eigenvalue weighted by molar-refractivity contribution is 5.29. The molecular weight excluding hydrogens is 212 g/mol. The van der Waals surface area contributed by atoms with Gasteiger partial charge in [0, 0.05) is 5.92 Å². The van der Waals surface area contributed by atoms with Crippen LogP contribution in [0.1, 0.15) is 51.5 Å². The molecule has 0 aromatic heterocycles. The molecule has 2 heteroatoms. The molecule has 0 aliphatic rings. The Morgan fingerprint density at radius 2 is 1.76 bits per heavy atom. The van der Waals surface area contributed by atoms with E-state index in [1.807, 2.05) is 12.1 Å². The Hall–Kier alpha value is -1.02. The highest BCUT2D eigenvalue weighted by Gasteiger charge is 2.15. The van der Waals surface area contributed by atoms with Crippen LogP contribution in [0.5, 0.6) is 5.75 Å². The molecule has 17 heavy (non-hydrogen) atoms. The summed E-state index contributed by atoms with van der Waals surface area (Å²) < 4.78 is 5.54. The number of hydrogen-bond donors (Lipinski definition) is 1. The second-order valence-corrected chi connectivity index (χ2v) is 4.56. The minimum atomic E-state index is -0.248. The molecule has 0 aliphatic heterocycles. The summed E-state index contributed by atoms with van der Waals surface area (Å²) in [4.78, 5) is 0. The summed E-state index contributed by atoms with van der Waals surface area (Å²) in [6.45, 7) is 7.02. The molecule has 0 spiro atoms. The quantitative estimate of drug-likeness (QED) is 0.781. The predicted octanol–water partition coefficient (Wildman–Crippen LogP) is 3.74. The van der Waals surface area contributed by atoms with E-state index in [1.54, 1.807) is 0 Å². The third-order valence-electron chi connectivity index (χ3n) is 3.04. The molecule has 0 radical (unpaired) electrons. The number of aliphatic hydroxyl groups excluding tert-OH is 1. The van der Waals surface area contributed by atoms with E-state index in [1.165, 1.54) is 5.56 Å². The van der Waals surface area contributed by atoms with Crippen LogP contribution >= 0.6 is 0 Å². The molecule has 1 aromatic rings. The van der Waals surface area contributed by atoms with Crippen molar-refractivity contribution in [1.82, 2.24) is 0 Å². The molecule has 2 atom stereocenters. The van der Waals surface area contributed by atoms with E-state index in [0.717, 1.165) is 31.6 Å². The lowest BCUT2D eigenvalue weighted by Gasteiger charge is -2.19. The van der Waals surface area contributed by atoms with Crippen molar-refractivity contribution in [3.63, 3.8) is 0 Å². The van der Waals surface area contributed by atoms with Crippen molar-refractivity contribution in [2.45, 2.75) is 52.1 Å². The Morgan fingerprint density at radius 1 is 1.12 bits per heavy atom. The van der Waals surface area contributed by atoms with Crippen molar-refractivity contribution in [3.8, 4) is 5.75 Å². The smallest absolute Gasteiger partial charge is 0.119 e. The summed E-state index contributed by atoms with van der Waals surface area (Å²) in [7, 11) is 0. The maximum atomic E-state index is 9.95. The lowest BCUT2D eigenvalue weighted by Crippen LogP contribution is -2.15. The molecule has 0 heterocycles. The maximum absolute atomic E-state index is 9.95. The molecule has 2 unspecified atom stereocenters. The van der Waals surface area contributed by atoms with Gasteiger partial charge in [-0.15, -0.1) is 0 Å². The lowest BCUT2D eigenvalue weighted by molar-refractivity contribution is 0.138. The summed E-state index contributed by atoms with van der Waals surface area (Å²) >= 11 is 0. The van der Waals surface area contributed by atoms with Crippen molar-refractivity contribution in [3.05, 3.63) is 29.8 Å². The largest absolute Gasteiger partial charge is 0.494 e. The van der Waals surface area contributed by atoms with E-state index in [9.17, 15) is 5.11 Å². The Kier molecular flexibility index (Phi) is 6.06. The lowest BCUT2D eigenvalue weighted by atomic mass is 9.93. The van der Waals surface area contributed by atoms with Crippen LogP contribution in [0.15, 0.2) is 24.3 Å². The van der Waals surface area contributed by atoms with Gasteiger partial charge in [0.1, 0.15) is 5.75 Å². The number of rotatable bonds is 7. The highest BCUT2D eigenvalue weighted by Crippen LogP contribution is 2.24. The van der Waals surface area contributed by atoms with Gasteiger partial charge in [0.15, 0.2) is 0 Å². The normalized spacial score (nSPS) is 14.4. The summed E-state index contributed by atoms with van der Waals surface area (Å²) in [6, 6.07) is 8.07. The second kappa shape index (κ2) is 7.33. The van der Waals surface area contributed by atoms with E-state index < -0.39 is 0 Å². The van der Waals surface area contributed by atoms with E-state index in [4.69, 9.17) is 4.74 Å². The first-order valence-corrected chi connectivity index (χ1v) is 6.59. The highest BCUT2D eigenvalue weighted by atomic mass is 16.5. The fraction of sp³-hybridized carbons (Fsp3) is 0.600. The third kappa shape index (κ3) is 4.39. The Morgan fingerprint density at radius 3 is 2.29 bits per heavy atom. The molecule has 1 rings (SSSR count). The van der Waals surface area contributed by atoms with Gasteiger partial charge in [-0.2, -0.15) is 0 Å². The van der Waals surface area contributed by atoms with Gasteiger partial charge in [-0.25, -0.2) is 0 Å². The molecular formula is C15H24O2. The minimum Gasteiger partial charge on any atom is -0.494 e. The number of hydrogen-bond acceptors (Lipinski definition) is 2. The van der Waals surface area contributed by atoms with E-state index >= 15 is 0 Å². The first kappa shape index (κ1) is 14.0. The first-order valence-electron chi connectivity index (χ1n) is 6.59. The maximum Gasteiger partial charge on any atom is 0.119 e. The standard InChI is InChI=1S/C15H24O2/c1-4-6-15(16)12(3)13-7-9-14(10-8-13)17-11-5-2/h7-10,12,15-16H,4-6,11H2,1-3H3. The van der Waals surface area contributed by atoms with Crippen LogP contribution in [-0.2, 0) is 0 Å². The zero-order chi connectivity index (χ0) is 12.7. The number of ether oxygens (including phenoxy) is 1. The van der Waals surface area contributed by atoms with E-state index in [0.29, 0.717) is 0 Å². The van der Waals surface area contributed by atoms with Crippen LogP contribution < -0.4 is 4.74 Å². The fourth-order valence-electron chi connectivity index (χ4n) is 1.86. The number of benzene rings is 1. The Labute approximate surface area is 105 Å². The van der Waals surface area contributed by atoms with Crippen LogP contribution in [-0.4, -0.2) is 17.8 Å². The van der Waals surface area contributed by atoms with Gasteiger partial charge in [-0.3, -0.25) is 0 Å². The Bertz CT molecular complexity index is 305. The topological polar surface area (TPSA) is 29.5 Å². The monoisotopic (exact) mass is 236 g/mol. The van der Waals surface area contributed by atoms with Crippen molar-refractivity contribution in [1.29, 1.82) is 0 Å². The van der Waals surface area contributed by atoms with Crippen LogP contribution in [0.2, 0.25) is 0 Å². The minimum absolute atomic E-state index is 0.190. The molecule has 0 fully saturated rings. The van der Waals surface area contributed by atoms with Crippen molar-refractivity contribution in [2.24, 2.45) is 0 Å². The van der Waals surface area contributed by atoms with Gasteiger partial charge in [-0.05, 0) is 30.5 Å². The molecule has 96 valence electrons. The molecule has 0 bridgehead atoms. The van der Waals surface area contributed by atoms with Crippen molar-refractivity contribution < 1.29 is 9.84 Å². The third-order valence-corrected chi connectivity index (χ3v) is 3.04. The molecule has 0 aliphatic carbocycles. The molecule has 1 aromatic carbocycles. The van der Waals surface area contributed by atoms with Gasteiger partial charge in [0.05, 0.1) is 12.7 Å². The zero-order valence-electron chi connectivity index (χ0n) is 11.1. The van der Waals surface area contributed by atoms with Crippen LogP contribution in [0.3, 0.4) is 0 Å². The van der Waals surface area contributed by atoms with Gasteiger partial charge < -0.3 is 9.84 Å². The first-order chi connectivity index (χ1) is 8.19. The van der Waals surface area contributed by atoms with Gasteiger partial charge in [0.2, 0.25) is 0 Å². The summed E-state index contributed by atoms with van der Waals surface area (Å²) in [5.41, 5.74) is 1.18. The predicted molar refractivity (Wildman–Crippen MR) is 71.6 cm³/mol. The zero-order valence-corrected chi connectivity index (χ0v) is 11.1. The van der Waals surface area contributed by atoms with Crippen molar-refractivity contribution in [2.75, 3.05) is 6.61 Å². The fourth-order valence-corrected chi connectivity index (χ4v) is 1.86.